The van der Waals surface area contributed by atoms with Gasteiger partial charge in [0.05, 0.1) is 10.6 Å². The van der Waals surface area contributed by atoms with Crippen LogP contribution in [0.2, 0.25) is 5.02 Å². The first-order valence-electron chi connectivity index (χ1n) is 6.91. The van der Waals surface area contributed by atoms with Crippen LogP contribution < -0.4 is 4.90 Å². The normalized spacial score (nSPS) is 15.0. The molecule has 3 rings (SSSR count). The highest BCUT2D eigenvalue weighted by Crippen LogP contribution is 2.20. The lowest BCUT2D eigenvalue weighted by molar-refractivity contribution is 0.0746. The van der Waals surface area contributed by atoms with E-state index in [1.165, 1.54) is 18.2 Å². The van der Waals surface area contributed by atoms with Gasteiger partial charge in [0.2, 0.25) is 5.95 Å². The predicted molar refractivity (Wildman–Crippen MR) is 81.6 cm³/mol. The molecule has 5 nitrogen and oxygen atoms in total. The second-order valence-electron chi connectivity index (χ2n) is 4.95. The Labute approximate surface area is 132 Å². The number of aromatic nitrogens is 2. The zero-order valence-corrected chi connectivity index (χ0v) is 12.5. The Bertz CT molecular complexity index is 674. The van der Waals surface area contributed by atoms with E-state index in [1.807, 2.05) is 4.90 Å². The number of hydrogen-bond acceptors (Lipinski definition) is 4. The molecule has 1 amide bonds. The van der Waals surface area contributed by atoms with Crippen molar-refractivity contribution >= 4 is 23.5 Å². The van der Waals surface area contributed by atoms with E-state index in [-0.39, 0.29) is 16.5 Å². The summed E-state index contributed by atoms with van der Waals surface area (Å²) in [5.74, 6) is -0.0689. The van der Waals surface area contributed by atoms with Gasteiger partial charge in [0.25, 0.3) is 5.91 Å². The Morgan fingerprint density at radius 3 is 2.50 bits per heavy atom. The van der Waals surface area contributed by atoms with Gasteiger partial charge in [-0.05, 0) is 24.3 Å². The lowest BCUT2D eigenvalue weighted by atomic mass is 10.1. The van der Waals surface area contributed by atoms with Gasteiger partial charge in [-0.2, -0.15) is 0 Å². The molecule has 1 saturated heterocycles. The molecule has 114 valence electrons. The van der Waals surface area contributed by atoms with E-state index in [1.54, 1.807) is 23.4 Å². The number of anilines is 1. The van der Waals surface area contributed by atoms with Crippen LogP contribution in [0.25, 0.3) is 0 Å². The lowest BCUT2D eigenvalue weighted by Gasteiger charge is -2.34. The molecule has 7 heteroatoms. The molecule has 0 bridgehead atoms. The van der Waals surface area contributed by atoms with Gasteiger partial charge in [0.15, 0.2) is 0 Å². The number of rotatable bonds is 2. The third kappa shape index (κ3) is 3.01. The maximum Gasteiger partial charge on any atom is 0.255 e. The van der Waals surface area contributed by atoms with Crippen molar-refractivity contribution in [2.75, 3.05) is 31.1 Å². The smallest absolute Gasteiger partial charge is 0.255 e. The molecular formula is C15H14ClFN4O. The van der Waals surface area contributed by atoms with Crippen molar-refractivity contribution in [2.45, 2.75) is 0 Å². The second kappa shape index (κ2) is 6.27. The van der Waals surface area contributed by atoms with Gasteiger partial charge >= 0.3 is 0 Å². The standard InChI is InChI=1S/C15H14ClFN4O/c16-13-3-2-11(17)10-12(13)14(22)20-6-8-21(9-7-20)15-18-4-1-5-19-15/h1-5,10H,6-9H2. The minimum atomic E-state index is -0.468. The molecule has 0 unspecified atom stereocenters. The van der Waals surface area contributed by atoms with Crippen molar-refractivity contribution < 1.29 is 9.18 Å². The highest BCUT2D eigenvalue weighted by Gasteiger charge is 2.24. The minimum Gasteiger partial charge on any atom is -0.337 e. The summed E-state index contributed by atoms with van der Waals surface area (Å²) in [6.45, 7) is 2.29. The number of piperazine rings is 1. The zero-order valence-electron chi connectivity index (χ0n) is 11.7. The summed E-state index contributed by atoms with van der Waals surface area (Å²) in [4.78, 5) is 24.5. The van der Waals surface area contributed by atoms with E-state index in [2.05, 4.69) is 9.97 Å². The number of halogens is 2. The summed E-state index contributed by atoms with van der Waals surface area (Å²) in [7, 11) is 0. The molecule has 0 atom stereocenters. The minimum absolute atomic E-state index is 0.200. The third-order valence-electron chi connectivity index (χ3n) is 3.56. The summed E-state index contributed by atoms with van der Waals surface area (Å²) in [6, 6.07) is 5.58. The first-order chi connectivity index (χ1) is 10.6. The molecule has 1 aliphatic rings. The molecule has 1 aromatic heterocycles. The summed E-state index contributed by atoms with van der Waals surface area (Å²) < 4.78 is 13.3. The number of nitrogens with zero attached hydrogens (tertiary/aromatic N) is 4. The molecule has 0 saturated carbocycles. The van der Waals surface area contributed by atoms with Gasteiger partial charge in [-0.3, -0.25) is 4.79 Å². The van der Waals surface area contributed by atoms with Gasteiger partial charge in [-0.25, -0.2) is 14.4 Å². The van der Waals surface area contributed by atoms with Crippen molar-refractivity contribution in [2.24, 2.45) is 0 Å². The largest absolute Gasteiger partial charge is 0.337 e. The van der Waals surface area contributed by atoms with Crippen LogP contribution in [0.3, 0.4) is 0 Å². The molecule has 1 fully saturated rings. The Hall–Kier alpha value is -2.21. The highest BCUT2D eigenvalue weighted by molar-refractivity contribution is 6.33. The Balaban J connectivity index is 1.68. The van der Waals surface area contributed by atoms with E-state index in [4.69, 9.17) is 11.6 Å². The van der Waals surface area contributed by atoms with E-state index in [9.17, 15) is 9.18 Å². The first kappa shape index (κ1) is 14.7. The maximum atomic E-state index is 13.3. The third-order valence-corrected chi connectivity index (χ3v) is 3.89. The van der Waals surface area contributed by atoms with Crippen LogP contribution in [0, 0.1) is 5.82 Å². The van der Waals surface area contributed by atoms with Gasteiger partial charge in [0.1, 0.15) is 5.82 Å². The second-order valence-corrected chi connectivity index (χ2v) is 5.36. The topological polar surface area (TPSA) is 49.3 Å². The van der Waals surface area contributed by atoms with Crippen molar-refractivity contribution in [3.63, 3.8) is 0 Å². The number of amides is 1. The van der Waals surface area contributed by atoms with E-state index < -0.39 is 5.82 Å². The van der Waals surface area contributed by atoms with Crippen molar-refractivity contribution in [1.82, 2.24) is 14.9 Å². The van der Waals surface area contributed by atoms with Crippen molar-refractivity contribution in [3.05, 3.63) is 53.1 Å². The molecule has 0 aliphatic carbocycles. The molecule has 0 radical (unpaired) electrons. The molecule has 1 aromatic carbocycles. The van der Waals surface area contributed by atoms with Crippen molar-refractivity contribution in [3.8, 4) is 0 Å². The van der Waals surface area contributed by atoms with Crippen LogP contribution >= 0.6 is 11.6 Å². The van der Waals surface area contributed by atoms with Crippen LogP contribution in [0.5, 0.6) is 0 Å². The van der Waals surface area contributed by atoms with Crippen LogP contribution in [0.4, 0.5) is 10.3 Å². The van der Waals surface area contributed by atoms with Gasteiger partial charge in [-0.15, -0.1) is 0 Å². The Morgan fingerprint density at radius 2 is 1.82 bits per heavy atom. The van der Waals surface area contributed by atoms with E-state index >= 15 is 0 Å². The number of hydrogen-bond donors (Lipinski definition) is 0. The fourth-order valence-corrected chi connectivity index (χ4v) is 2.59. The van der Waals surface area contributed by atoms with Crippen LogP contribution in [-0.2, 0) is 0 Å². The number of benzene rings is 1. The summed E-state index contributed by atoms with van der Waals surface area (Å²) in [6.07, 6.45) is 3.37. The SMILES string of the molecule is O=C(c1cc(F)ccc1Cl)N1CCN(c2ncccn2)CC1. The zero-order chi connectivity index (χ0) is 15.5. The summed E-state index contributed by atoms with van der Waals surface area (Å²) in [5, 5.41) is 0.264. The predicted octanol–water partition coefficient (Wildman–Crippen LogP) is 2.23. The molecule has 2 heterocycles. The Kier molecular flexibility index (Phi) is 4.20. The summed E-state index contributed by atoms with van der Waals surface area (Å²) in [5.41, 5.74) is 0.200. The fourth-order valence-electron chi connectivity index (χ4n) is 2.40. The summed E-state index contributed by atoms with van der Waals surface area (Å²) >= 11 is 5.99. The van der Waals surface area contributed by atoms with Crippen LogP contribution in [-0.4, -0.2) is 47.0 Å². The molecule has 0 N–H and O–H groups in total. The lowest BCUT2D eigenvalue weighted by Crippen LogP contribution is -2.49. The monoisotopic (exact) mass is 320 g/mol. The van der Waals surface area contributed by atoms with Crippen LogP contribution in [0.1, 0.15) is 10.4 Å². The molecular weight excluding hydrogens is 307 g/mol. The molecule has 0 spiro atoms. The van der Waals surface area contributed by atoms with Gasteiger partial charge in [-0.1, -0.05) is 11.6 Å². The van der Waals surface area contributed by atoms with E-state index in [0.717, 1.165) is 0 Å². The Morgan fingerprint density at radius 1 is 1.14 bits per heavy atom. The maximum absolute atomic E-state index is 13.3. The average Bonchev–Trinajstić information content (AvgIpc) is 2.57. The average molecular weight is 321 g/mol. The molecule has 1 aliphatic heterocycles. The first-order valence-corrected chi connectivity index (χ1v) is 7.29. The molecule has 2 aromatic rings. The van der Waals surface area contributed by atoms with Gasteiger partial charge in [0, 0.05) is 38.6 Å². The molecule has 22 heavy (non-hydrogen) atoms. The number of carbonyl (C=O) groups excluding carboxylic acids is 1. The highest BCUT2D eigenvalue weighted by atomic mass is 35.5. The van der Waals surface area contributed by atoms with Gasteiger partial charge < -0.3 is 9.80 Å². The van der Waals surface area contributed by atoms with Crippen LogP contribution in [0.15, 0.2) is 36.7 Å². The quantitative estimate of drug-likeness (QED) is 0.851. The van der Waals surface area contributed by atoms with Crippen molar-refractivity contribution in [1.29, 1.82) is 0 Å². The number of carbonyl (C=O) groups is 1. The van der Waals surface area contributed by atoms with E-state index in [0.29, 0.717) is 32.1 Å². The fraction of sp³-hybridized carbons (Fsp3) is 0.267.